The molecule has 3 N–H and O–H groups in total. The van der Waals surface area contributed by atoms with Crippen LogP contribution in [0.2, 0.25) is 0 Å². The number of carbonyl (C=O) groups excluding carboxylic acids is 2. The van der Waals surface area contributed by atoms with Crippen LogP contribution in [0.3, 0.4) is 0 Å². The van der Waals surface area contributed by atoms with Crippen molar-refractivity contribution in [1.82, 2.24) is 0 Å². The maximum atomic E-state index is 12.3. The van der Waals surface area contributed by atoms with Crippen LogP contribution in [0.25, 0.3) is 0 Å². The second-order valence-corrected chi connectivity index (χ2v) is 6.03. The molecule has 2 aromatic carbocycles. The van der Waals surface area contributed by atoms with Crippen LogP contribution in [-0.2, 0) is 4.79 Å². The van der Waals surface area contributed by atoms with E-state index in [1.807, 2.05) is 13.8 Å². The zero-order valence-corrected chi connectivity index (χ0v) is 14.1. The van der Waals surface area contributed by atoms with E-state index in [9.17, 15) is 14.4 Å². The van der Waals surface area contributed by atoms with Gasteiger partial charge in [-0.2, -0.15) is 0 Å². The lowest BCUT2D eigenvalue weighted by Crippen LogP contribution is -2.16. The molecular formula is C19H20N2O4. The van der Waals surface area contributed by atoms with Gasteiger partial charge in [0.25, 0.3) is 5.91 Å². The first-order chi connectivity index (χ1) is 11.9. The van der Waals surface area contributed by atoms with Gasteiger partial charge in [-0.05, 0) is 42.3 Å². The summed E-state index contributed by atoms with van der Waals surface area (Å²) in [5.41, 5.74) is 1.17. The van der Waals surface area contributed by atoms with E-state index < -0.39 is 11.9 Å². The van der Waals surface area contributed by atoms with Gasteiger partial charge in [0.1, 0.15) is 0 Å². The van der Waals surface area contributed by atoms with Crippen molar-refractivity contribution in [1.29, 1.82) is 0 Å². The molecule has 0 aliphatic rings. The van der Waals surface area contributed by atoms with E-state index in [4.69, 9.17) is 5.11 Å². The van der Waals surface area contributed by atoms with Crippen LogP contribution in [0.1, 0.15) is 41.0 Å². The SMILES string of the molecule is CC(C)CC(=O)Nc1ccc(NC(=O)c2ccccc2C(=O)O)cc1. The van der Waals surface area contributed by atoms with Crippen molar-refractivity contribution in [2.45, 2.75) is 20.3 Å². The van der Waals surface area contributed by atoms with E-state index >= 15 is 0 Å². The number of nitrogens with one attached hydrogen (secondary N) is 2. The molecule has 6 heteroatoms. The van der Waals surface area contributed by atoms with Gasteiger partial charge >= 0.3 is 5.97 Å². The molecule has 0 heterocycles. The van der Waals surface area contributed by atoms with Gasteiger partial charge in [0.2, 0.25) is 5.91 Å². The van der Waals surface area contributed by atoms with Crippen LogP contribution in [0.5, 0.6) is 0 Å². The lowest BCUT2D eigenvalue weighted by molar-refractivity contribution is -0.116. The Hall–Kier alpha value is -3.15. The van der Waals surface area contributed by atoms with Crippen molar-refractivity contribution < 1.29 is 19.5 Å². The molecule has 2 aromatic rings. The molecule has 6 nitrogen and oxygen atoms in total. The van der Waals surface area contributed by atoms with Crippen molar-refractivity contribution in [2.24, 2.45) is 5.92 Å². The minimum atomic E-state index is -1.16. The molecule has 0 aromatic heterocycles. The highest BCUT2D eigenvalue weighted by atomic mass is 16.4. The summed E-state index contributed by atoms with van der Waals surface area (Å²) < 4.78 is 0. The van der Waals surface area contributed by atoms with Crippen LogP contribution >= 0.6 is 0 Å². The molecule has 2 rings (SSSR count). The topological polar surface area (TPSA) is 95.5 Å². The minimum absolute atomic E-state index is 0.0578. The zero-order valence-electron chi connectivity index (χ0n) is 14.1. The summed E-state index contributed by atoms with van der Waals surface area (Å²) >= 11 is 0. The summed E-state index contributed by atoms with van der Waals surface area (Å²) in [4.78, 5) is 35.2. The summed E-state index contributed by atoms with van der Waals surface area (Å²) in [6.45, 7) is 3.93. The van der Waals surface area contributed by atoms with Crippen molar-refractivity contribution in [3.05, 3.63) is 59.7 Å². The fourth-order valence-corrected chi connectivity index (χ4v) is 2.29. The quantitative estimate of drug-likeness (QED) is 0.748. The average Bonchev–Trinajstić information content (AvgIpc) is 2.55. The lowest BCUT2D eigenvalue weighted by Gasteiger charge is -2.10. The van der Waals surface area contributed by atoms with Crippen LogP contribution in [0.4, 0.5) is 11.4 Å². The number of hydrogen-bond donors (Lipinski definition) is 3. The monoisotopic (exact) mass is 340 g/mol. The highest BCUT2D eigenvalue weighted by Gasteiger charge is 2.15. The predicted octanol–water partition coefficient (Wildman–Crippen LogP) is 3.62. The van der Waals surface area contributed by atoms with Crippen molar-refractivity contribution >= 4 is 29.2 Å². The molecule has 0 fully saturated rings. The number of carbonyl (C=O) groups is 3. The third-order valence-electron chi connectivity index (χ3n) is 3.42. The Morgan fingerprint density at radius 3 is 1.92 bits per heavy atom. The lowest BCUT2D eigenvalue weighted by atomic mass is 10.1. The number of aromatic carboxylic acids is 1. The van der Waals surface area contributed by atoms with Gasteiger partial charge in [-0.25, -0.2) is 4.79 Å². The highest BCUT2D eigenvalue weighted by molar-refractivity contribution is 6.10. The zero-order chi connectivity index (χ0) is 18.4. The van der Waals surface area contributed by atoms with Gasteiger partial charge in [-0.15, -0.1) is 0 Å². The number of benzene rings is 2. The molecule has 0 spiro atoms. The predicted molar refractivity (Wildman–Crippen MR) is 95.9 cm³/mol. The van der Waals surface area contributed by atoms with Gasteiger partial charge in [0.05, 0.1) is 11.1 Å². The third-order valence-corrected chi connectivity index (χ3v) is 3.42. The fourth-order valence-electron chi connectivity index (χ4n) is 2.29. The first-order valence-electron chi connectivity index (χ1n) is 7.90. The molecule has 0 radical (unpaired) electrons. The normalized spacial score (nSPS) is 10.4. The molecule has 0 unspecified atom stereocenters. The number of carboxylic acids is 1. The van der Waals surface area contributed by atoms with E-state index in [0.29, 0.717) is 17.8 Å². The number of amides is 2. The highest BCUT2D eigenvalue weighted by Crippen LogP contribution is 2.17. The Balaban J connectivity index is 2.05. The Morgan fingerprint density at radius 1 is 0.880 bits per heavy atom. The fraction of sp³-hybridized carbons (Fsp3) is 0.211. The standard InChI is InChI=1S/C19H20N2O4/c1-12(2)11-17(22)20-13-7-9-14(10-8-13)21-18(23)15-5-3-4-6-16(15)19(24)25/h3-10,12H,11H2,1-2H3,(H,20,22)(H,21,23)(H,24,25). The second kappa shape index (κ2) is 8.10. The summed E-state index contributed by atoms with van der Waals surface area (Å²) in [6, 6.07) is 12.7. The summed E-state index contributed by atoms with van der Waals surface area (Å²) in [6.07, 6.45) is 0.435. The van der Waals surface area contributed by atoms with Gasteiger partial charge < -0.3 is 15.7 Å². The smallest absolute Gasteiger partial charge is 0.336 e. The van der Waals surface area contributed by atoms with Gasteiger partial charge in [-0.1, -0.05) is 26.0 Å². The van der Waals surface area contributed by atoms with E-state index in [-0.39, 0.29) is 23.0 Å². The molecule has 0 bridgehead atoms. The number of rotatable bonds is 6. The van der Waals surface area contributed by atoms with E-state index in [0.717, 1.165) is 0 Å². The summed E-state index contributed by atoms with van der Waals surface area (Å²) in [5, 5.41) is 14.6. The third kappa shape index (κ3) is 5.17. The van der Waals surface area contributed by atoms with Crippen molar-refractivity contribution in [3.8, 4) is 0 Å². The first-order valence-corrected chi connectivity index (χ1v) is 7.90. The van der Waals surface area contributed by atoms with Gasteiger partial charge in [0.15, 0.2) is 0 Å². The average molecular weight is 340 g/mol. The number of anilines is 2. The molecule has 0 atom stereocenters. The van der Waals surface area contributed by atoms with E-state index in [2.05, 4.69) is 10.6 Å². The molecule has 0 aliphatic carbocycles. The largest absolute Gasteiger partial charge is 0.478 e. The molecule has 0 aliphatic heterocycles. The first kappa shape index (κ1) is 18.2. The molecule has 25 heavy (non-hydrogen) atoms. The van der Waals surface area contributed by atoms with Crippen molar-refractivity contribution in [2.75, 3.05) is 10.6 Å². The molecule has 0 saturated heterocycles. The maximum absolute atomic E-state index is 12.3. The van der Waals surface area contributed by atoms with Crippen molar-refractivity contribution in [3.63, 3.8) is 0 Å². The minimum Gasteiger partial charge on any atom is -0.478 e. The van der Waals surface area contributed by atoms with Crippen LogP contribution in [0.15, 0.2) is 48.5 Å². The Kier molecular flexibility index (Phi) is 5.89. The number of hydrogen-bond acceptors (Lipinski definition) is 3. The Morgan fingerprint density at radius 2 is 1.40 bits per heavy atom. The molecule has 0 saturated carbocycles. The maximum Gasteiger partial charge on any atom is 0.336 e. The summed E-state index contributed by atoms with van der Waals surface area (Å²) in [7, 11) is 0. The second-order valence-electron chi connectivity index (χ2n) is 6.03. The Bertz CT molecular complexity index is 782. The molecular weight excluding hydrogens is 320 g/mol. The molecule has 2 amide bonds. The summed E-state index contributed by atoms with van der Waals surface area (Å²) in [5.74, 6) is -1.46. The number of carboxylic acid groups (broad SMARTS) is 1. The van der Waals surface area contributed by atoms with E-state index in [1.165, 1.54) is 12.1 Å². The van der Waals surface area contributed by atoms with Gasteiger partial charge in [0, 0.05) is 17.8 Å². The van der Waals surface area contributed by atoms with Crippen LogP contribution in [-0.4, -0.2) is 22.9 Å². The van der Waals surface area contributed by atoms with Crippen LogP contribution in [0, 0.1) is 5.92 Å². The molecule has 130 valence electrons. The Labute approximate surface area is 145 Å². The van der Waals surface area contributed by atoms with Crippen LogP contribution < -0.4 is 10.6 Å². The van der Waals surface area contributed by atoms with E-state index in [1.54, 1.807) is 36.4 Å². The van der Waals surface area contributed by atoms with Gasteiger partial charge in [-0.3, -0.25) is 9.59 Å².